The van der Waals surface area contributed by atoms with E-state index in [0.717, 1.165) is 11.9 Å². The van der Waals surface area contributed by atoms with E-state index in [1.165, 1.54) is 0 Å². The first-order chi connectivity index (χ1) is 9.81. The van der Waals surface area contributed by atoms with Crippen LogP contribution >= 0.6 is 0 Å². The van der Waals surface area contributed by atoms with E-state index >= 15 is 0 Å². The molecule has 2 rings (SSSR count). The molecule has 0 atom stereocenters. The molecule has 0 spiro atoms. The summed E-state index contributed by atoms with van der Waals surface area (Å²) in [5.74, 6) is 0.639. The zero-order chi connectivity index (χ0) is 14.2. The maximum atomic E-state index is 11.8. The Morgan fingerprint density at radius 3 is 3.05 bits per heavy atom. The average molecular weight is 273 g/mol. The molecule has 0 bridgehead atoms. The Bertz CT molecular complexity index is 622. The van der Waals surface area contributed by atoms with Crippen LogP contribution in [-0.2, 0) is 11.3 Å². The van der Waals surface area contributed by atoms with E-state index in [9.17, 15) is 4.79 Å². The van der Waals surface area contributed by atoms with Gasteiger partial charge in [-0.1, -0.05) is 18.2 Å². The van der Waals surface area contributed by atoms with Crippen molar-refractivity contribution in [2.45, 2.75) is 13.0 Å². The highest BCUT2D eigenvalue weighted by atomic mass is 16.5. The number of aromatic amines is 1. The monoisotopic (exact) mass is 273 g/mol. The number of fused-ring (bicyclic) bond motifs is 1. The molecule has 1 heterocycles. The zero-order valence-electron chi connectivity index (χ0n) is 11.4. The number of nitrogens with one attached hydrogen (secondary N) is 2. The fourth-order valence-corrected chi connectivity index (χ4v) is 1.84. The molecule has 1 aromatic heterocycles. The van der Waals surface area contributed by atoms with Crippen molar-refractivity contribution < 1.29 is 4.74 Å². The molecular formula is C15H19N3O2. The standard InChI is InChI=1S/C15H19N3O2/c1-2-3-9-20-10-8-16-11-14-17-13-7-5-4-6-12(13)15(19)18-14/h2,4-7,16H,1,3,8-11H2,(H,17,18,19). The van der Waals surface area contributed by atoms with Crippen LogP contribution in [0.4, 0.5) is 0 Å². The van der Waals surface area contributed by atoms with Gasteiger partial charge < -0.3 is 15.0 Å². The average Bonchev–Trinajstić information content (AvgIpc) is 2.46. The van der Waals surface area contributed by atoms with Crippen LogP contribution in [0, 0.1) is 0 Å². The van der Waals surface area contributed by atoms with Crippen molar-refractivity contribution in [3.05, 3.63) is 53.1 Å². The van der Waals surface area contributed by atoms with Crippen molar-refractivity contribution >= 4 is 10.9 Å². The lowest BCUT2D eigenvalue weighted by Gasteiger charge is -2.06. The van der Waals surface area contributed by atoms with Crippen LogP contribution in [0.15, 0.2) is 41.7 Å². The maximum absolute atomic E-state index is 11.8. The smallest absolute Gasteiger partial charge is 0.258 e. The lowest BCUT2D eigenvalue weighted by atomic mass is 10.2. The molecule has 0 aliphatic heterocycles. The van der Waals surface area contributed by atoms with Gasteiger partial charge in [-0.05, 0) is 18.6 Å². The molecule has 0 aliphatic rings. The Labute approximate surface area is 117 Å². The van der Waals surface area contributed by atoms with Gasteiger partial charge in [-0.15, -0.1) is 6.58 Å². The van der Waals surface area contributed by atoms with Gasteiger partial charge in [0.15, 0.2) is 0 Å². The summed E-state index contributed by atoms with van der Waals surface area (Å²) < 4.78 is 5.38. The predicted molar refractivity (Wildman–Crippen MR) is 79.7 cm³/mol. The second-order valence-corrected chi connectivity index (χ2v) is 4.40. The summed E-state index contributed by atoms with van der Waals surface area (Å²) in [4.78, 5) is 19.0. The first kappa shape index (κ1) is 14.4. The summed E-state index contributed by atoms with van der Waals surface area (Å²) >= 11 is 0. The maximum Gasteiger partial charge on any atom is 0.258 e. The fourth-order valence-electron chi connectivity index (χ4n) is 1.84. The quantitative estimate of drug-likeness (QED) is 0.566. The molecular weight excluding hydrogens is 254 g/mol. The highest BCUT2D eigenvalue weighted by molar-refractivity contribution is 5.77. The van der Waals surface area contributed by atoms with Crippen molar-refractivity contribution in [1.29, 1.82) is 0 Å². The SMILES string of the molecule is C=CCCOCCNCc1nc2ccccc2c(=O)[nH]1. The molecule has 2 N–H and O–H groups in total. The summed E-state index contributed by atoms with van der Waals surface area (Å²) in [6.45, 7) is 6.19. The zero-order valence-corrected chi connectivity index (χ0v) is 11.4. The van der Waals surface area contributed by atoms with Crippen LogP contribution in [0.25, 0.3) is 10.9 Å². The number of aromatic nitrogens is 2. The second kappa shape index (κ2) is 7.57. The Balaban J connectivity index is 1.84. The van der Waals surface area contributed by atoms with Crippen LogP contribution in [0.1, 0.15) is 12.2 Å². The van der Waals surface area contributed by atoms with Gasteiger partial charge in [-0.2, -0.15) is 0 Å². The van der Waals surface area contributed by atoms with Gasteiger partial charge in [0.1, 0.15) is 5.82 Å². The first-order valence-electron chi connectivity index (χ1n) is 6.68. The number of H-pyrrole nitrogens is 1. The van der Waals surface area contributed by atoms with Crippen LogP contribution in [-0.4, -0.2) is 29.7 Å². The summed E-state index contributed by atoms with van der Waals surface area (Å²) in [5.41, 5.74) is 0.616. The van der Waals surface area contributed by atoms with Crippen molar-refractivity contribution in [3.63, 3.8) is 0 Å². The number of nitrogens with zero attached hydrogens (tertiary/aromatic N) is 1. The lowest BCUT2D eigenvalue weighted by molar-refractivity contribution is 0.140. The van der Waals surface area contributed by atoms with Crippen molar-refractivity contribution in [1.82, 2.24) is 15.3 Å². The Hall–Kier alpha value is -1.98. The van der Waals surface area contributed by atoms with E-state index in [2.05, 4.69) is 21.9 Å². The topological polar surface area (TPSA) is 67.0 Å². The summed E-state index contributed by atoms with van der Waals surface area (Å²) in [5, 5.41) is 3.80. The summed E-state index contributed by atoms with van der Waals surface area (Å²) in [7, 11) is 0. The Morgan fingerprint density at radius 1 is 1.35 bits per heavy atom. The number of para-hydroxylation sites is 1. The second-order valence-electron chi connectivity index (χ2n) is 4.40. The van der Waals surface area contributed by atoms with Crippen LogP contribution in [0.2, 0.25) is 0 Å². The van der Waals surface area contributed by atoms with E-state index < -0.39 is 0 Å². The number of rotatable bonds is 8. The first-order valence-corrected chi connectivity index (χ1v) is 6.68. The molecule has 0 aliphatic carbocycles. The van der Waals surface area contributed by atoms with E-state index in [1.54, 1.807) is 6.07 Å². The van der Waals surface area contributed by atoms with E-state index in [0.29, 0.717) is 37.5 Å². The van der Waals surface area contributed by atoms with Crippen molar-refractivity contribution in [2.75, 3.05) is 19.8 Å². The highest BCUT2D eigenvalue weighted by Gasteiger charge is 2.02. The van der Waals surface area contributed by atoms with Crippen LogP contribution in [0.5, 0.6) is 0 Å². The number of benzene rings is 1. The van der Waals surface area contributed by atoms with Crippen LogP contribution < -0.4 is 10.9 Å². The highest BCUT2D eigenvalue weighted by Crippen LogP contribution is 2.05. The minimum absolute atomic E-state index is 0.102. The van der Waals surface area contributed by atoms with Gasteiger partial charge in [-0.25, -0.2) is 4.98 Å². The number of hydrogen-bond donors (Lipinski definition) is 2. The third-order valence-corrected chi connectivity index (χ3v) is 2.84. The molecule has 0 unspecified atom stereocenters. The van der Waals surface area contributed by atoms with E-state index in [-0.39, 0.29) is 5.56 Å². The van der Waals surface area contributed by atoms with E-state index in [4.69, 9.17) is 4.74 Å². The minimum Gasteiger partial charge on any atom is -0.380 e. The molecule has 0 amide bonds. The third-order valence-electron chi connectivity index (χ3n) is 2.84. The summed E-state index contributed by atoms with van der Waals surface area (Å²) in [6.07, 6.45) is 2.69. The molecule has 2 aromatic rings. The molecule has 5 nitrogen and oxygen atoms in total. The lowest BCUT2D eigenvalue weighted by Crippen LogP contribution is -2.23. The third kappa shape index (κ3) is 4.01. The molecule has 5 heteroatoms. The fraction of sp³-hybridized carbons (Fsp3) is 0.333. The molecule has 0 fully saturated rings. The predicted octanol–water partition coefficient (Wildman–Crippen LogP) is 1.61. The molecule has 106 valence electrons. The molecule has 0 radical (unpaired) electrons. The number of ether oxygens (including phenoxy) is 1. The Morgan fingerprint density at radius 2 is 2.20 bits per heavy atom. The number of hydrogen-bond acceptors (Lipinski definition) is 4. The van der Waals surface area contributed by atoms with Crippen molar-refractivity contribution in [2.24, 2.45) is 0 Å². The van der Waals surface area contributed by atoms with Crippen molar-refractivity contribution in [3.8, 4) is 0 Å². The molecule has 1 aromatic carbocycles. The van der Waals surface area contributed by atoms with Gasteiger partial charge in [0, 0.05) is 6.54 Å². The van der Waals surface area contributed by atoms with E-state index in [1.807, 2.05) is 24.3 Å². The van der Waals surface area contributed by atoms with Gasteiger partial charge in [0.25, 0.3) is 5.56 Å². The largest absolute Gasteiger partial charge is 0.380 e. The van der Waals surface area contributed by atoms with Crippen LogP contribution in [0.3, 0.4) is 0 Å². The Kier molecular flexibility index (Phi) is 5.46. The van der Waals surface area contributed by atoms with Gasteiger partial charge in [-0.3, -0.25) is 4.79 Å². The molecule has 20 heavy (non-hydrogen) atoms. The van der Waals surface area contributed by atoms with Gasteiger partial charge in [0.05, 0.1) is 30.7 Å². The molecule has 0 saturated carbocycles. The molecule has 0 saturated heterocycles. The minimum atomic E-state index is -0.102. The van der Waals surface area contributed by atoms with Gasteiger partial charge in [0.2, 0.25) is 0 Å². The normalized spacial score (nSPS) is 10.8. The summed E-state index contributed by atoms with van der Waals surface area (Å²) in [6, 6.07) is 7.31. The van der Waals surface area contributed by atoms with Gasteiger partial charge >= 0.3 is 0 Å².